The van der Waals surface area contributed by atoms with Gasteiger partial charge in [0.05, 0.1) is 24.9 Å². The molecule has 1 unspecified atom stereocenters. The number of hydrogen-bond acceptors (Lipinski definition) is 5. The average molecular weight is 479 g/mol. The summed E-state index contributed by atoms with van der Waals surface area (Å²) in [5.41, 5.74) is 0.262. The first-order chi connectivity index (χ1) is 16.9. The number of likely N-dealkylation sites (tertiary alicyclic amines) is 1. The lowest BCUT2D eigenvalue weighted by molar-refractivity contribution is -0.134. The molecule has 2 saturated heterocycles. The maximum absolute atomic E-state index is 13.8. The van der Waals surface area contributed by atoms with Crippen LogP contribution in [0.3, 0.4) is 0 Å². The van der Waals surface area contributed by atoms with Crippen molar-refractivity contribution in [1.29, 1.82) is 0 Å². The molecule has 0 radical (unpaired) electrons. The highest BCUT2D eigenvalue weighted by atomic mass is 16.5. The topological polar surface area (TPSA) is 91.8 Å². The summed E-state index contributed by atoms with van der Waals surface area (Å²) in [7, 11) is 1.56. The summed E-state index contributed by atoms with van der Waals surface area (Å²) in [5.74, 6) is 0.650. The highest BCUT2D eigenvalue weighted by Crippen LogP contribution is 2.38. The monoisotopic (exact) mass is 478 g/mol. The summed E-state index contributed by atoms with van der Waals surface area (Å²) in [6, 6.07) is 12.3. The number of methoxy groups -OCH3 is 1. The maximum Gasteiger partial charge on any atom is 0.325 e. The molecule has 1 N–H and O–H groups in total. The van der Waals surface area contributed by atoms with Crippen LogP contribution in [0, 0.1) is 11.8 Å². The third-order valence-corrected chi connectivity index (χ3v) is 7.18. The van der Waals surface area contributed by atoms with E-state index in [0.29, 0.717) is 55.3 Å². The molecule has 35 heavy (non-hydrogen) atoms. The standard InChI is InChI=1S/C27H34N4O4/c1-19(2)11-14-27(25(33)31(26(34)29-27)18-21-8-6-7-15-28-21)20-12-16-30(17-13-20)24(32)22-9-4-5-10-23(22)35-3/h4-10,15,19-20H,11-14,16-18H2,1-3H3,(H,29,34). The summed E-state index contributed by atoms with van der Waals surface area (Å²) in [5, 5.41) is 3.09. The molecule has 8 nitrogen and oxygen atoms in total. The van der Waals surface area contributed by atoms with Gasteiger partial charge >= 0.3 is 6.03 Å². The van der Waals surface area contributed by atoms with Crippen LogP contribution in [0.15, 0.2) is 48.7 Å². The maximum atomic E-state index is 13.8. The number of aromatic nitrogens is 1. The van der Waals surface area contributed by atoms with E-state index in [2.05, 4.69) is 24.1 Å². The Morgan fingerprint density at radius 1 is 1.14 bits per heavy atom. The van der Waals surface area contributed by atoms with Crippen LogP contribution >= 0.6 is 0 Å². The Labute approximate surface area is 206 Å². The molecule has 0 saturated carbocycles. The molecule has 2 aliphatic rings. The quantitative estimate of drug-likeness (QED) is 0.582. The van der Waals surface area contributed by atoms with Crippen molar-refractivity contribution in [3.63, 3.8) is 0 Å². The smallest absolute Gasteiger partial charge is 0.325 e. The van der Waals surface area contributed by atoms with Crippen LogP contribution in [-0.2, 0) is 11.3 Å². The molecule has 1 aromatic heterocycles. The summed E-state index contributed by atoms with van der Waals surface area (Å²) in [4.78, 5) is 47.4. The molecule has 186 valence electrons. The average Bonchev–Trinajstić information content (AvgIpc) is 3.12. The number of rotatable bonds is 8. The summed E-state index contributed by atoms with van der Waals surface area (Å²) in [6.07, 6.45) is 4.35. The number of imide groups is 1. The number of nitrogens with one attached hydrogen (secondary N) is 1. The first-order valence-corrected chi connectivity index (χ1v) is 12.3. The minimum atomic E-state index is -0.949. The zero-order valence-corrected chi connectivity index (χ0v) is 20.7. The van der Waals surface area contributed by atoms with Crippen molar-refractivity contribution in [1.82, 2.24) is 20.1 Å². The van der Waals surface area contributed by atoms with Crippen molar-refractivity contribution in [3.05, 3.63) is 59.9 Å². The highest BCUT2D eigenvalue weighted by Gasteiger charge is 2.55. The molecule has 8 heteroatoms. The zero-order valence-electron chi connectivity index (χ0n) is 20.7. The third kappa shape index (κ3) is 5.01. The Morgan fingerprint density at radius 2 is 1.86 bits per heavy atom. The number of benzene rings is 1. The first-order valence-electron chi connectivity index (χ1n) is 12.3. The van der Waals surface area contributed by atoms with Crippen molar-refractivity contribution >= 4 is 17.8 Å². The largest absolute Gasteiger partial charge is 0.496 e. The van der Waals surface area contributed by atoms with Gasteiger partial charge in [-0.05, 0) is 61.8 Å². The van der Waals surface area contributed by atoms with Crippen molar-refractivity contribution in [2.24, 2.45) is 11.8 Å². The van der Waals surface area contributed by atoms with Gasteiger partial charge in [-0.1, -0.05) is 32.0 Å². The van der Waals surface area contributed by atoms with Gasteiger partial charge in [0, 0.05) is 19.3 Å². The molecule has 1 atom stereocenters. The van der Waals surface area contributed by atoms with E-state index in [1.54, 1.807) is 25.4 Å². The number of piperidine rings is 1. The number of nitrogens with zero attached hydrogens (tertiary/aromatic N) is 3. The van der Waals surface area contributed by atoms with Crippen LogP contribution in [-0.4, -0.2) is 58.4 Å². The van der Waals surface area contributed by atoms with Crippen LogP contribution in [0.2, 0.25) is 0 Å². The summed E-state index contributed by atoms with van der Waals surface area (Å²) >= 11 is 0. The first kappa shape index (κ1) is 24.7. The molecule has 4 rings (SSSR count). The van der Waals surface area contributed by atoms with Gasteiger partial charge in [0.1, 0.15) is 11.3 Å². The Hall–Kier alpha value is -3.42. The Morgan fingerprint density at radius 3 is 2.51 bits per heavy atom. The van der Waals surface area contributed by atoms with E-state index in [1.165, 1.54) is 4.90 Å². The van der Waals surface area contributed by atoms with Gasteiger partial charge in [0.2, 0.25) is 0 Å². The molecule has 0 bridgehead atoms. The van der Waals surface area contributed by atoms with E-state index in [-0.39, 0.29) is 30.3 Å². The fourth-order valence-electron chi connectivity index (χ4n) is 5.18. The zero-order chi connectivity index (χ0) is 25.0. The van der Waals surface area contributed by atoms with E-state index in [4.69, 9.17) is 4.74 Å². The number of ether oxygens (including phenoxy) is 1. The molecule has 0 spiro atoms. The van der Waals surface area contributed by atoms with E-state index in [0.717, 1.165) is 6.42 Å². The van der Waals surface area contributed by atoms with Crippen LogP contribution in [0.5, 0.6) is 5.75 Å². The van der Waals surface area contributed by atoms with Crippen molar-refractivity contribution in [2.75, 3.05) is 20.2 Å². The van der Waals surface area contributed by atoms with Gasteiger partial charge in [0.15, 0.2) is 0 Å². The van der Waals surface area contributed by atoms with Gasteiger partial charge in [-0.2, -0.15) is 0 Å². The molecular formula is C27H34N4O4. The molecule has 0 aliphatic carbocycles. The lowest BCUT2D eigenvalue weighted by atomic mass is 9.73. The second-order valence-electron chi connectivity index (χ2n) is 9.81. The number of hydrogen-bond donors (Lipinski definition) is 1. The van der Waals surface area contributed by atoms with Crippen molar-refractivity contribution in [3.8, 4) is 5.75 Å². The van der Waals surface area contributed by atoms with Crippen molar-refractivity contribution < 1.29 is 19.1 Å². The molecule has 2 fully saturated rings. The summed E-state index contributed by atoms with van der Waals surface area (Å²) < 4.78 is 5.37. The minimum absolute atomic E-state index is 0.0480. The fraction of sp³-hybridized carbons (Fsp3) is 0.481. The van der Waals surface area contributed by atoms with Gasteiger partial charge in [-0.3, -0.25) is 19.5 Å². The van der Waals surface area contributed by atoms with E-state index in [1.807, 2.05) is 35.2 Å². The number of para-hydroxylation sites is 1. The molecule has 4 amide bonds. The van der Waals surface area contributed by atoms with Crippen LogP contribution in [0.25, 0.3) is 0 Å². The number of carbonyl (C=O) groups is 3. The van der Waals surface area contributed by atoms with Crippen LogP contribution < -0.4 is 10.1 Å². The predicted octanol–water partition coefficient (Wildman–Crippen LogP) is 3.87. The molecule has 3 heterocycles. The molecule has 1 aromatic carbocycles. The minimum Gasteiger partial charge on any atom is -0.496 e. The Bertz CT molecular complexity index is 1070. The van der Waals surface area contributed by atoms with Crippen LogP contribution in [0.4, 0.5) is 4.79 Å². The number of pyridine rings is 1. The highest BCUT2D eigenvalue weighted by molar-refractivity contribution is 6.07. The van der Waals surface area contributed by atoms with E-state index >= 15 is 0 Å². The lowest BCUT2D eigenvalue weighted by Crippen LogP contribution is -2.56. The second-order valence-corrected chi connectivity index (χ2v) is 9.81. The van der Waals surface area contributed by atoms with Gasteiger partial charge in [-0.25, -0.2) is 4.79 Å². The number of amides is 4. The van der Waals surface area contributed by atoms with Gasteiger partial charge in [-0.15, -0.1) is 0 Å². The SMILES string of the molecule is COc1ccccc1C(=O)N1CCC(C2(CCC(C)C)NC(=O)N(Cc3ccccn3)C2=O)CC1. The van der Waals surface area contributed by atoms with Crippen molar-refractivity contribution in [2.45, 2.75) is 51.6 Å². The second kappa shape index (κ2) is 10.5. The fourth-order valence-corrected chi connectivity index (χ4v) is 5.18. The molecule has 2 aromatic rings. The van der Waals surface area contributed by atoms with Crippen LogP contribution in [0.1, 0.15) is 55.6 Å². The normalized spacial score (nSPS) is 20.9. The van der Waals surface area contributed by atoms with E-state index < -0.39 is 5.54 Å². The van der Waals surface area contributed by atoms with E-state index in [9.17, 15) is 14.4 Å². The predicted molar refractivity (Wildman–Crippen MR) is 132 cm³/mol. The summed E-state index contributed by atoms with van der Waals surface area (Å²) in [6.45, 7) is 5.44. The molecule has 2 aliphatic heterocycles. The van der Waals surface area contributed by atoms with Gasteiger partial charge < -0.3 is 15.0 Å². The Balaban J connectivity index is 1.51. The third-order valence-electron chi connectivity index (χ3n) is 7.18. The Kier molecular flexibility index (Phi) is 7.38. The van der Waals surface area contributed by atoms with Gasteiger partial charge in [0.25, 0.3) is 11.8 Å². The number of carbonyl (C=O) groups excluding carboxylic acids is 3. The number of urea groups is 1. The lowest BCUT2D eigenvalue weighted by Gasteiger charge is -2.41. The molecular weight excluding hydrogens is 444 g/mol.